The minimum absolute atomic E-state index is 0.0677. The highest BCUT2D eigenvalue weighted by atomic mass is 16.5. The van der Waals surface area contributed by atoms with E-state index < -0.39 is 5.41 Å². The van der Waals surface area contributed by atoms with E-state index in [1.807, 2.05) is 20.8 Å². The summed E-state index contributed by atoms with van der Waals surface area (Å²) in [5.74, 6) is 0.0677. The Bertz CT molecular complexity index is 421. The summed E-state index contributed by atoms with van der Waals surface area (Å²) in [5.41, 5.74) is 0.877. The van der Waals surface area contributed by atoms with Crippen molar-refractivity contribution in [3.63, 3.8) is 0 Å². The zero-order valence-corrected chi connectivity index (χ0v) is 15.6. The number of Topliss-reactive ketones (excluding diaryl/α,β-unsaturated/α-hetero) is 1. The van der Waals surface area contributed by atoms with Crippen LogP contribution in [0.3, 0.4) is 0 Å². The van der Waals surface area contributed by atoms with Crippen molar-refractivity contribution in [1.29, 1.82) is 0 Å². The zero-order chi connectivity index (χ0) is 17.1. The van der Waals surface area contributed by atoms with Gasteiger partial charge in [0, 0.05) is 5.71 Å². The SMILES string of the molecule is CCCCCCCCCCCCO/C=C1\N=C(C)C(C)(C)C1=O. The van der Waals surface area contributed by atoms with E-state index in [-0.39, 0.29) is 5.78 Å². The van der Waals surface area contributed by atoms with Gasteiger partial charge in [-0.1, -0.05) is 64.7 Å². The molecule has 0 aromatic heterocycles. The van der Waals surface area contributed by atoms with Gasteiger partial charge in [0.1, 0.15) is 12.0 Å². The lowest BCUT2D eigenvalue weighted by molar-refractivity contribution is -0.119. The van der Waals surface area contributed by atoms with Gasteiger partial charge in [-0.25, -0.2) is 0 Å². The number of hydrogen-bond acceptors (Lipinski definition) is 3. The van der Waals surface area contributed by atoms with Crippen LogP contribution in [0.1, 0.15) is 91.9 Å². The summed E-state index contributed by atoms with van der Waals surface area (Å²) in [6.45, 7) is 8.67. The van der Waals surface area contributed by atoms with Gasteiger partial charge < -0.3 is 4.74 Å². The van der Waals surface area contributed by atoms with E-state index in [2.05, 4.69) is 11.9 Å². The number of unbranched alkanes of at least 4 members (excludes halogenated alkanes) is 9. The monoisotopic (exact) mass is 321 g/mol. The van der Waals surface area contributed by atoms with Gasteiger partial charge in [-0.2, -0.15) is 0 Å². The first-order chi connectivity index (χ1) is 11.0. The average molecular weight is 322 g/mol. The van der Waals surface area contributed by atoms with Crippen molar-refractivity contribution in [1.82, 2.24) is 0 Å². The molecule has 0 saturated heterocycles. The molecule has 0 amide bonds. The van der Waals surface area contributed by atoms with Crippen LogP contribution in [0.25, 0.3) is 0 Å². The molecule has 0 bridgehead atoms. The van der Waals surface area contributed by atoms with Gasteiger partial charge in [0.15, 0.2) is 5.78 Å². The molecule has 0 aromatic carbocycles. The summed E-state index contributed by atoms with van der Waals surface area (Å²) in [6.07, 6.45) is 14.7. The predicted molar refractivity (Wildman–Crippen MR) is 97.8 cm³/mol. The lowest BCUT2D eigenvalue weighted by Gasteiger charge is -2.14. The van der Waals surface area contributed by atoms with Crippen LogP contribution >= 0.6 is 0 Å². The van der Waals surface area contributed by atoms with Gasteiger partial charge >= 0.3 is 0 Å². The highest BCUT2D eigenvalue weighted by molar-refractivity contribution is 6.20. The lowest BCUT2D eigenvalue weighted by atomic mass is 9.85. The van der Waals surface area contributed by atoms with Crippen LogP contribution < -0.4 is 0 Å². The van der Waals surface area contributed by atoms with E-state index in [0.717, 1.165) is 12.1 Å². The Morgan fingerprint density at radius 3 is 1.96 bits per heavy atom. The molecular weight excluding hydrogens is 286 g/mol. The fourth-order valence-corrected chi connectivity index (χ4v) is 2.75. The molecule has 3 nitrogen and oxygen atoms in total. The third-order valence-electron chi connectivity index (χ3n) is 4.80. The van der Waals surface area contributed by atoms with E-state index in [9.17, 15) is 4.79 Å². The maximum Gasteiger partial charge on any atom is 0.195 e. The summed E-state index contributed by atoms with van der Waals surface area (Å²) >= 11 is 0. The Morgan fingerprint density at radius 1 is 0.957 bits per heavy atom. The second-order valence-electron chi connectivity index (χ2n) is 7.21. The lowest BCUT2D eigenvalue weighted by Crippen LogP contribution is -2.26. The highest BCUT2D eigenvalue weighted by Crippen LogP contribution is 2.30. The summed E-state index contributed by atoms with van der Waals surface area (Å²) in [5, 5.41) is 0. The van der Waals surface area contributed by atoms with Crippen molar-refractivity contribution >= 4 is 11.5 Å². The normalized spacial score (nSPS) is 18.5. The van der Waals surface area contributed by atoms with Crippen LogP contribution in [0.5, 0.6) is 0 Å². The Balaban J connectivity index is 2.00. The molecule has 1 aliphatic heterocycles. The minimum Gasteiger partial charge on any atom is -0.499 e. The molecule has 1 heterocycles. The zero-order valence-electron chi connectivity index (χ0n) is 15.6. The first-order valence-electron chi connectivity index (χ1n) is 9.42. The number of hydrogen-bond donors (Lipinski definition) is 0. The molecule has 0 aromatic rings. The van der Waals surface area contributed by atoms with Gasteiger partial charge in [0.05, 0.1) is 12.0 Å². The smallest absolute Gasteiger partial charge is 0.195 e. The molecule has 0 spiro atoms. The number of ketones is 1. The first-order valence-corrected chi connectivity index (χ1v) is 9.42. The van der Waals surface area contributed by atoms with Crippen molar-refractivity contribution in [2.75, 3.05) is 6.61 Å². The van der Waals surface area contributed by atoms with Crippen LogP contribution in [-0.4, -0.2) is 18.1 Å². The quantitative estimate of drug-likeness (QED) is 0.257. The van der Waals surface area contributed by atoms with Crippen LogP contribution in [0.4, 0.5) is 0 Å². The van der Waals surface area contributed by atoms with Crippen LogP contribution in [-0.2, 0) is 9.53 Å². The van der Waals surface area contributed by atoms with Gasteiger partial charge in [-0.15, -0.1) is 0 Å². The van der Waals surface area contributed by atoms with Gasteiger partial charge in [0.25, 0.3) is 0 Å². The van der Waals surface area contributed by atoms with E-state index in [0.29, 0.717) is 12.3 Å². The maximum atomic E-state index is 12.1. The van der Waals surface area contributed by atoms with E-state index in [1.54, 1.807) is 6.26 Å². The second kappa shape index (κ2) is 10.6. The molecule has 0 aliphatic carbocycles. The maximum absolute atomic E-state index is 12.1. The van der Waals surface area contributed by atoms with E-state index in [1.165, 1.54) is 57.8 Å². The van der Waals surface area contributed by atoms with Crippen molar-refractivity contribution < 1.29 is 9.53 Å². The molecule has 23 heavy (non-hydrogen) atoms. The van der Waals surface area contributed by atoms with Crippen molar-refractivity contribution in [3.8, 4) is 0 Å². The molecule has 0 radical (unpaired) electrons. The number of carbonyl (C=O) groups is 1. The molecule has 0 fully saturated rings. The Morgan fingerprint density at radius 2 is 1.48 bits per heavy atom. The van der Waals surface area contributed by atoms with Crippen LogP contribution in [0.2, 0.25) is 0 Å². The molecule has 0 unspecified atom stereocenters. The van der Waals surface area contributed by atoms with E-state index in [4.69, 9.17) is 4.74 Å². The topological polar surface area (TPSA) is 38.7 Å². The Kier molecular flexibility index (Phi) is 9.20. The molecule has 0 saturated carbocycles. The standard InChI is InChI=1S/C20H35NO2/c1-5-6-7-8-9-10-11-12-13-14-15-23-16-18-19(22)20(3,4)17(2)21-18/h16H,5-15H2,1-4H3/b18-16-. The fourth-order valence-electron chi connectivity index (χ4n) is 2.75. The summed E-state index contributed by atoms with van der Waals surface area (Å²) < 4.78 is 5.51. The molecule has 1 rings (SSSR count). The summed E-state index contributed by atoms with van der Waals surface area (Å²) in [7, 11) is 0. The first kappa shape index (κ1) is 19.9. The number of ether oxygens (including phenoxy) is 1. The fraction of sp³-hybridized carbons (Fsp3) is 0.800. The summed E-state index contributed by atoms with van der Waals surface area (Å²) in [6, 6.07) is 0. The molecule has 0 N–H and O–H groups in total. The highest BCUT2D eigenvalue weighted by Gasteiger charge is 2.38. The Hall–Kier alpha value is -1.12. The van der Waals surface area contributed by atoms with E-state index >= 15 is 0 Å². The molecule has 132 valence electrons. The third-order valence-corrected chi connectivity index (χ3v) is 4.80. The molecule has 1 aliphatic rings. The van der Waals surface area contributed by atoms with Crippen LogP contribution in [0.15, 0.2) is 17.0 Å². The van der Waals surface area contributed by atoms with Gasteiger partial charge in [-0.3, -0.25) is 9.79 Å². The van der Waals surface area contributed by atoms with Gasteiger partial charge in [0.2, 0.25) is 0 Å². The van der Waals surface area contributed by atoms with Crippen molar-refractivity contribution in [2.24, 2.45) is 10.4 Å². The number of carbonyl (C=O) groups excluding carboxylic acids is 1. The molecule has 3 heteroatoms. The number of aliphatic imine (C=N–C) groups is 1. The number of rotatable bonds is 12. The average Bonchev–Trinajstić information content (AvgIpc) is 2.71. The molecular formula is C20H35NO2. The number of nitrogens with zero attached hydrogens (tertiary/aromatic N) is 1. The van der Waals surface area contributed by atoms with Crippen LogP contribution in [0, 0.1) is 5.41 Å². The third kappa shape index (κ3) is 6.88. The van der Waals surface area contributed by atoms with Gasteiger partial charge in [-0.05, 0) is 27.2 Å². The second-order valence-corrected chi connectivity index (χ2v) is 7.21. The largest absolute Gasteiger partial charge is 0.499 e. The molecule has 0 atom stereocenters. The van der Waals surface area contributed by atoms with Crippen molar-refractivity contribution in [2.45, 2.75) is 91.9 Å². The summed E-state index contributed by atoms with van der Waals surface area (Å²) in [4.78, 5) is 16.4. The van der Waals surface area contributed by atoms with Crippen molar-refractivity contribution in [3.05, 3.63) is 12.0 Å². The number of allylic oxidation sites excluding steroid dienone is 1. The minimum atomic E-state index is -0.466. The predicted octanol–water partition coefficient (Wildman–Crippen LogP) is 5.84. The Labute approximate surface area is 142 Å².